The molecular weight excluding hydrogens is 354 g/mol. The van der Waals surface area contributed by atoms with Crippen LogP contribution in [0.4, 0.5) is 0 Å². The highest BCUT2D eigenvalue weighted by atomic mass is 127. The van der Waals surface area contributed by atoms with Crippen LogP contribution in [0.2, 0.25) is 0 Å². The summed E-state index contributed by atoms with van der Waals surface area (Å²) in [6, 6.07) is 3.53. The lowest BCUT2D eigenvalue weighted by atomic mass is 10.2. The molecule has 0 bridgehead atoms. The molecule has 1 N–H and O–H groups in total. The smallest absolute Gasteiger partial charge is 0.116 e. The zero-order valence-corrected chi connectivity index (χ0v) is 9.67. The number of hydrogen-bond donors (Lipinski definition) is 1. The van der Waals surface area contributed by atoms with Crippen LogP contribution in [0.5, 0.6) is 5.75 Å². The molecule has 54 valence electrons. The molecule has 0 aliphatic heterocycles. The molecule has 10 heavy (non-hydrogen) atoms. The van der Waals surface area contributed by atoms with Crippen molar-refractivity contribution in [3.8, 4) is 5.75 Å². The van der Waals surface area contributed by atoms with Crippen LogP contribution in [0.3, 0.4) is 0 Å². The zero-order valence-electron chi connectivity index (χ0n) is 5.36. The van der Waals surface area contributed by atoms with E-state index in [0.29, 0.717) is 5.75 Å². The summed E-state index contributed by atoms with van der Waals surface area (Å²) in [4.78, 5) is 0. The van der Waals surface area contributed by atoms with Crippen molar-refractivity contribution in [3.63, 3.8) is 0 Å². The van der Waals surface area contributed by atoms with Crippen LogP contribution in [0.25, 0.3) is 0 Å². The molecular formula is C7H6I2O. The number of phenolic OH excluding ortho intramolecular Hbond substituents is 1. The van der Waals surface area contributed by atoms with Crippen LogP contribution in [-0.2, 0) is 0 Å². The molecule has 0 saturated heterocycles. The molecule has 1 aromatic carbocycles. The quantitative estimate of drug-likeness (QED) is 0.706. The maximum absolute atomic E-state index is 9.11. The van der Waals surface area contributed by atoms with Crippen molar-refractivity contribution in [2.24, 2.45) is 0 Å². The van der Waals surface area contributed by atoms with Gasteiger partial charge in [0.1, 0.15) is 5.75 Å². The molecule has 0 radical (unpaired) electrons. The topological polar surface area (TPSA) is 20.2 Å². The highest BCUT2D eigenvalue weighted by molar-refractivity contribution is 14.1. The van der Waals surface area contributed by atoms with E-state index in [4.69, 9.17) is 5.11 Å². The second kappa shape index (κ2) is 3.25. The van der Waals surface area contributed by atoms with Crippen LogP contribution >= 0.6 is 45.2 Å². The lowest BCUT2D eigenvalue weighted by Crippen LogP contribution is -1.83. The van der Waals surface area contributed by atoms with E-state index < -0.39 is 0 Å². The molecule has 0 fully saturated rings. The standard InChI is InChI=1S/C7H6I2O/c1-4-2-5(10)3-6(8)7(4)9/h2-3,10H,1H3. The first-order chi connectivity index (χ1) is 4.61. The summed E-state index contributed by atoms with van der Waals surface area (Å²) in [5, 5.41) is 9.11. The Kier molecular flexibility index (Phi) is 2.79. The Morgan fingerprint density at radius 2 is 1.90 bits per heavy atom. The Hall–Kier alpha value is 0.480. The number of benzene rings is 1. The number of rotatable bonds is 0. The predicted molar refractivity (Wildman–Crippen MR) is 58.3 cm³/mol. The fraction of sp³-hybridized carbons (Fsp3) is 0.143. The van der Waals surface area contributed by atoms with E-state index in [1.165, 1.54) is 3.57 Å². The Balaban J connectivity index is 3.31. The lowest BCUT2D eigenvalue weighted by Gasteiger charge is -2.00. The van der Waals surface area contributed by atoms with Crippen molar-refractivity contribution in [1.82, 2.24) is 0 Å². The second-order valence-corrected chi connectivity index (χ2v) is 4.30. The molecule has 1 nitrogen and oxygen atoms in total. The molecule has 0 aliphatic rings. The van der Waals surface area contributed by atoms with Gasteiger partial charge in [0, 0.05) is 7.14 Å². The molecule has 3 heteroatoms. The van der Waals surface area contributed by atoms with Crippen LogP contribution < -0.4 is 0 Å². The van der Waals surface area contributed by atoms with Gasteiger partial charge in [-0.25, -0.2) is 0 Å². The summed E-state index contributed by atoms with van der Waals surface area (Å²) in [5.41, 5.74) is 1.13. The van der Waals surface area contributed by atoms with Crippen LogP contribution in [0, 0.1) is 14.1 Å². The van der Waals surface area contributed by atoms with Gasteiger partial charge < -0.3 is 5.11 Å². The maximum atomic E-state index is 9.11. The fourth-order valence-corrected chi connectivity index (χ4v) is 1.76. The van der Waals surface area contributed by atoms with Crippen molar-refractivity contribution < 1.29 is 5.11 Å². The molecule has 0 saturated carbocycles. The van der Waals surface area contributed by atoms with Gasteiger partial charge in [-0.15, -0.1) is 0 Å². The number of phenols is 1. The summed E-state index contributed by atoms with van der Waals surface area (Å²) in [7, 11) is 0. The average molecular weight is 360 g/mol. The first kappa shape index (κ1) is 8.58. The number of aromatic hydroxyl groups is 1. The Morgan fingerprint density at radius 3 is 2.40 bits per heavy atom. The highest BCUT2D eigenvalue weighted by Crippen LogP contribution is 2.23. The fourth-order valence-electron chi connectivity index (χ4n) is 0.708. The van der Waals surface area contributed by atoms with Gasteiger partial charge >= 0.3 is 0 Å². The van der Waals surface area contributed by atoms with Crippen molar-refractivity contribution in [1.29, 1.82) is 0 Å². The summed E-state index contributed by atoms with van der Waals surface area (Å²) < 4.78 is 2.33. The third-order valence-corrected chi connectivity index (χ3v) is 4.51. The van der Waals surface area contributed by atoms with Crippen molar-refractivity contribution in [2.45, 2.75) is 6.92 Å². The molecule has 0 amide bonds. The van der Waals surface area contributed by atoms with Gasteiger partial charge in [-0.1, -0.05) is 0 Å². The van der Waals surface area contributed by atoms with E-state index in [-0.39, 0.29) is 0 Å². The van der Waals surface area contributed by atoms with Gasteiger partial charge in [0.2, 0.25) is 0 Å². The third-order valence-electron chi connectivity index (χ3n) is 1.19. The van der Waals surface area contributed by atoms with E-state index in [1.807, 2.05) is 6.92 Å². The van der Waals surface area contributed by atoms with E-state index in [1.54, 1.807) is 12.1 Å². The highest BCUT2D eigenvalue weighted by Gasteiger charge is 2.00. The first-order valence-electron chi connectivity index (χ1n) is 2.76. The van der Waals surface area contributed by atoms with E-state index in [0.717, 1.165) is 9.13 Å². The minimum atomic E-state index is 0.349. The SMILES string of the molecule is Cc1cc(O)cc(I)c1I. The summed E-state index contributed by atoms with van der Waals surface area (Å²) >= 11 is 4.48. The second-order valence-electron chi connectivity index (χ2n) is 2.06. The first-order valence-corrected chi connectivity index (χ1v) is 4.91. The number of hydrogen-bond acceptors (Lipinski definition) is 1. The largest absolute Gasteiger partial charge is 0.508 e. The van der Waals surface area contributed by atoms with E-state index >= 15 is 0 Å². The van der Waals surface area contributed by atoms with Crippen molar-refractivity contribution in [2.75, 3.05) is 0 Å². The molecule has 0 aromatic heterocycles. The van der Waals surface area contributed by atoms with Crippen molar-refractivity contribution in [3.05, 3.63) is 24.8 Å². The number of aryl methyl sites for hydroxylation is 1. The predicted octanol–water partition coefficient (Wildman–Crippen LogP) is 2.91. The number of halogens is 2. The molecule has 0 spiro atoms. The van der Waals surface area contributed by atoms with Gasteiger partial charge in [-0.2, -0.15) is 0 Å². The van der Waals surface area contributed by atoms with Gasteiger partial charge in [-0.05, 0) is 69.8 Å². The minimum Gasteiger partial charge on any atom is -0.508 e. The Morgan fingerprint density at radius 1 is 1.30 bits per heavy atom. The van der Waals surface area contributed by atoms with E-state index in [9.17, 15) is 0 Å². The molecule has 0 atom stereocenters. The monoisotopic (exact) mass is 360 g/mol. The summed E-state index contributed by atoms with van der Waals surface area (Å²) in [5.74, 6) is 0.349. The van der Waals surface area contributed by atoms with E-state index in [2.05, 4.69) is 45.2 Å². The Labute approximate surface area is 87.1 Å². The summed E-state index contributed by atoms with van der Waals surface area (Å²) in [6.07, 6.45) is 0. The minimum absolute atomic E-state index is 0.349. The van der Waals surface area contributed by atoms with Gasteiger partial charge in [0.25, 0.3) is 0 Å². The lowest BCUT2D eigenvalue weighted by molar-refractivity contribution is 0.474. The normalized spacial score (nSPS) is 9.90. The van der Waals surface area contributed by atoms with Crippen LogP contribution in [0.15, 0.2) is 12.1 Å². The third kappa shape index (κ3) is 1.75. The Bertz CT molecular complexity index is 235. The van der Waals surface area contributed by atoms with Crippen LogP contribution in [-0.4, -0.2) is 5.11 Å². The van der Waals surface area contributed by atoms with Gasteiger partial charge in [0.15, 0.2) is 0 Å². The van der Waals surface area contributed by atoms with Crippen molar-refractivity contribution >= 4 is 45.2 Å². The van der Waals surface area contributed by atoms with Gasteiger partial charge in [0.05, 0.1) is 0 Å². The maximum Gasteiger partial charge on any atom is 0.116 e. The molecule has 1 aromatic rings. The molecule has 0 heterocycles. The van der Waals surface area contributed by atoms with Crippen LogP contribution in [0.1, 0.15) is 5.56 Å². The van der Waals surface area contributed by atoms with Gasteiger partial charge in [-0.3, -0.25) is 0 Å². The molecule has 0 unspecified atom stereocenters. The zero-order chi connectivity index (χ0) is 7.72. The average Bonchev–Trinajstić information content (AvgIpc) is 1.82. The summed E-state index contributed by atoms with van der Waals surface area (Å²) in [6.45, 7) is 1.99. The molecule has 1 rings (SSSR count). The molecule has 0 aliphatic carbocycles.